The van der Waals surface area contributed by atoms with Gasteiger partial charge in [-0.2, -0.15) is 0 Å². The van der Waals surface area contributed by atoms with Crippen LogP contribution in [0.15, 0.2) is 0 Å². The van der Waals surface area contributed by atoms with Gasteiger partial charge < -0.3 is 35.0 Å². The third-order valence-electron chi connectivity index (χ3n) is 6.31. The van der Waals surface area contributed by atoms with E-state index in [4.69, 9.17) is 9.47 Å². The van der Waals surface area contributed by atoms with E-state index < -0.39 is 49.0 Å². The van der Waals surface area contributed by atoms with Gasteiger partial charge >= 0.3 is 0 Å². The van der Waals surface area contributed by atoms with E-state index in [0.29, 0.717) is 12.3 Å². The smallest absolute Gasteiger partial charge is 0.187 e. The third-order valence-corrected chi connectivity index (χ3v) is 6.31. The Morgan fingerprint density at radius 1 is 1.09 bits per heavy atom. The van der Waals surface area contributed by atoms with E-state index in [-0.39, 0.29) is 11.3 Å². The van der Waals surface area contributed by atoms with E-state index in [1.165, 1.54) is 0 Å². The Bertz CT molecular complexity index is 456. The summed E-state index contributed by atoms with van der Waals surface area (Å²) in [6.45, 7) is 5.58. The molecule has 3 aliphatic rings. The number of ether oxygens (including phenoxy) is 2. The van der Waals surface area contributed by atoms with Crippen LogP contribution in [0.25, 0.3) is 0 Å². The number of rotatable bonds is 4. The van der Waals surface area contributed by atoms with Crippen LogP contribution in [0.1, 0.15) is 33.6 Å². The molecule has 0 spiro atoms. The molecule has 2 unspecified atom stereocenters. The number of hydrogen-bond donors (Lipinski definition) is 5. The van der Waals surface area contributed by atoms with Gasteiger partial charge in [-0.3, -0.25) is 0 Å². The van der Waals surface area contributed by atoms with Crippen LogP contribution in [-0.2, 0) is 9.47 Å². The number of aliphatic hydroxyl groups is 5. The van der Waals surface area contributed by atoms with Crippen LogP contribution in [0.5, 0.6) is 0 Å². The van der Waals surface area contributed by atoms with Gasteiger partial charge in [0.1, 0.15) is 24.4 Å². The molecule has 0 aromatic rings. The molecule has 0 bridgehead atoms. The van der Waals surface area contributed by atoms with Crippen molar-refractivity contribution in [3.63, 3.8) is 0 Å². The normalized spacial score (nSPS) is 56.0. The zero-order valence-electron chi connectivity index (χ0n) is 13.8. The summed E-state index contributed by atoms with van der Waals surface area (Å²) in [7, 11) is 0. The fourth-order valence-electron chi connectivity index (χ4n) is 4.75. The first-order chi connectivity index (χ1) is 10.7. The van der Waals surface area contributed by atoms with Gasteiger partial charge in [0.2, 0.25) is 0 Å². The molecule has 9 atom stereocenters. The van der Waals surface area contributed by atoms with E-state index in [1.54, 1.807) is 0 Å². The lowest BCUT2D eigenvalue weighted by Crippen LogP contribution is -2.60. The highest BCUT2D eigenvalue weighted by atomic mass is 16.7. The summed E-state index contributed by atoms with van der Waals surface area (Å²) in [5.74, 6) is 0.486. The van der Waals surface area contributed by atoms with Crippen molar-refractivity contribution in [1.29, 1.82) is 0 Å². The van der Waals surface area contributed by atoms with Crippen molar-refractivity contribution in [2.75, 3.05) is 6.61 Å². The van der Waals surface area contributed by atoms with Crippen LogP contribution in [0.3, 0.4) is 0 Å². The standard InChI is InChI=1S/C16H28O7/c1-7(2)16-4-9(16)15(3,5-10(16)18)23-14-13(21)12(20)11(19)8(6-17)22-14/h7-14,17-21H,4-6H2,1-3H3/t8-,9+,10?,11-,12+,13-,14+,15?,16-/m1/s1. The maximum Gasteiger partial charge on any atom is 0.187 e. The van der Waals surface area contributed by atoms with E-state index in [2.05, 4.69) is 13.8 Å². The Balaban J connectivity index is 1.74. The van der Waals surface area contributed by atoms with Gasteiger partial charge in [0.25, 0.3) is 0 Å². The highest BCUT2D eigenvalue weighted by Crippen LogP contribution is 2.71. The Morgan fingerprint density at radius 3 is 2.22 bits per heavy atom. The lowest BCUT2D eigenvalue weighted by molar-refractivity contribution is -0.327. The second-order valence-corrected chi connectivity index (χ2v) is 7.87. The molecule has 0 amide bonds. The Hall–Kier alpha value is -0.280. The molecule has 7 nitrogen and oxygen atoms in total. The largest absolute Gasteiger partial charge is 0.394 e. The van der Waals surface area contributed by atoms with Gasteiger partial charge in [-0.25, -0.2) is 0 Å². The molecule has 0 radical (unpaired) electrons. The first-order valence-electron chi connectivity index (χ1n) is 8.33. The molecule has 1 aliphatic heterocycles. The molecule has 0 aromatic heterocycles. The molecule has 3 fully saturated rings. The van der Waals surface area contributed by atoms with Crippen molar-refractivity contribution in [2.45, 2.75) is 76.0 Å². The van der Waals surface area contributed by atoms with Crippen LogP contribution < -0.4 is 0 Å². The third kappa shape index (κ3) is 2.45. The van der Waals surface area contributed by atoms with Gasteiger partial charge in [0.15, 0.2) is 6.29 Å². The topological polar surface area (TPSA) is 120 Å². The van der Waals surface area contributed by atoms with Crippen molar-refractivity contribution in [3.8, 4) is 0 Å². The Labute approximate surface area is 135 Å². The van der Waals surface area contributed by atoms with Crippen LogP contribution >= 0.6 is 0 Å². The maximum absolute atomic E-state index is 10.5. The minimum Gasteiger partial charge on any atom is -0.394 e. The molecule has 2 aliphatic carbocycles. The van der Waals surface area contributed by atoms with E-state index in [1.807, 2.05) is 6.92 Å². The molecule has 23 heavy (non-hydrogen) atoms. The molecule has 1 heterocycles. The highest BCUT2D eigenvalue weighted by molar-refractivity contribution is 5.22. The highest BCUT2D eigenvalue weighted by Gasteiger charge is 2.73. The monoisotopic (exact) mass is 332 g/mol. The van der Waals surface area contributed by atoms with E-state index in [0.717, 1.165) is 6.42 Å². The molecule has 7 heteroatoms. The summed E-state index contributed by atoms with van der Waals surface area (Å²) >= 11 is 0. The van der Waals surface area contributed by atoms with Crippen LogP contribution in [-0.4, -0.2) is 74.6 Å². The number of aliphatic hydroxyl groups excluding tert-OH is 5. The molecule has 2 saturated carbocycles. The van der Waals surface area contributed by atoms with Crippen LogP contribution in [0, 0.1) is 17.3 Å². The van der Waals surface area contributed by atoms with Crippen LogP contribution in [0.2, 0.25) is 0 Å². The summed E-state index contributed by atoms with van der Waals surface area (Å²) in [5, 5.41) is 49.6. The second kappa shape index (κ2) is 5.62. The van der Waals surface area contributed by atoms with Crippen molar-refractivity contribution < 1.29 is 35.0 Å². The SMILES string of the molecule is CC(C)[C@]12C[C@H]1C(C)(O[C@@H]1O[C@H](CO)[C@@H](O)[C@H](O)[C@H]1O)CC2O. The first-order valence-corrected chi connectivity index (χ1v) is 8.33. The van der Waals surface area contributed by atoms with Gasteiger partial charge in [-0.15, -0.1) is 0 Å². The maximum atomic E-state index is 10.5. The zero-order valence-corrected chi connectivity index (χ0v) is 13.8. The molecule has 3 rings (SSSR count). The van der Waals surface area contributed by atoms with E-state index in [9.17, 15) is 25.5 Å². The summed E-state index contributed by atoms with van der Waals surface area (Å²) in [5.41, 5.74) is -0.819. The minimum atomic E-state index is -1.45. The fraction of sp³-hybridized carbons (Fsp3) is 1.00. The van der Waals surface area contributed by atoms with Crippen molar-refractivity contribution in [2.24, 2.45) is 17.3 Å². The molecular weight excluding hydrogens is 304 g/mol. The average molecular weight is 332 g/mol. The summed E-state index contributed by atoms with van der Waals surface area (Å²) in [4.78, 5) is 0. The number of fused-ring (bicyclic) bond motifs is 1. The molecule has 5 N–H and O–H groups in total. The van der Waals surface area contributed by atoms with Gasteiger partial charge in [0.05, 0.1) is 18.3 Å². The Kier molecular flexibility index (Phi) is 4.29. The lowest BCUT2D eigenvalue weighted by Gasteiger charge is -2.43. The molecule has 0 aromatic carbocycles. The summed E-state index contributed by atoms with van der Waals surface area (Å²) < 4.78 is 11.4. The average Bonchev–Trinajstić information content (AvgIpc) is 3.21. The molecule has 134 valence electrons. The molecular formula is C16H28O7. The summed E-state index contributed by atoms with van der Waals surface area (Å²) in [6, 6.07) is 0. The summed E-state index contributed by atoms with van der Waals surface area (Å²) in [6.07, 6.45) is -5.56. The quantitative estimate of drug-likeness (QED) is 0.447. The predicted molar refractivity (Wildman–Crippen MR) is 79.3 cm³/mol. The predicted octanol–water partition coefficient (Wildman–Crippen LogP) is -1.01. The zero-order chi connectivity index (χ0) is 17.2. The Morgan fingerprint density at radius 2 is 1.74 bits per heavy atom. The number of hydrogen-bond acceptors (Lipinski definition) is 7. The first kappa shape index (κ1) is 17.5. The van der Waals surface area contributed by atoms with Crippen molar-refractivity contribution in [1.82, 2.24) is 0 Å². The lowest BCUT2D eigenvalue weighted by atomic mass is 9.88. The van der Waals surface area contributed by atoms with Crippen LogP contribution in [0.4, 0.5) is 0 Å². The minimum absolute atomic E-state index is 0.150. The van der Waals surface area contributed by atoms with E-state index >= 15 is 0 Å². The van der Waals surface area contributed by atoms with Gasteiger partial charge in [-0.05, 0) is 25.2 Å². The van der Waals surface area contributed by atoms with Gasteiger partial charge in [-0.1, -0.05) is 13.8 Å². The second-order valence-electron chi connectivity index (χ2n) is 7.87. The van der Waals surface area contributed by atoms with Crippen molar-refractivity contribution in [3.05, 3.63) is 0 Å². The van der Waals surface area contributed by atoms with Crippen molar-refractivity contribution >= 4 is 0 Å². The van der Waals surface area contributed by atoms with Gasteiger partial charge in [0, 0.05) is 11.8 Å². The molecule has 1 saturated heterocycles. The fourth-order valence-corrected chi connectivity index (χ4v) is 4.75.